The number of hydrogen-bond acceptors (Lipinski definition) is 7. The molecule has 0 N–H and O–H groups in total. The topological polar surface area (TPSA) is 82.0 Å². The number of nitrogens with zero attached hydrogens (tertiary/aromatic N) is 5. The van der Waals surface area contributed by atoms with E-state index in [4.69, 9.17) is 14.2 Å². The van der Waals surface area contributed by atoms with Crippen molar-refractivity contribution in [2.45, 2.75) is 19.4 Å². The monoisotopic (exact) mass is 449 g/mol. The second-order valence-electron chi connectivity index (χ2n) is 8.33. The van der Waals surface area contributed by atoms with Crippen molar-refractivity contribution in [2.75, 3.05) is 38.3 Å². The van der Waals surface area contributed by atoms with Crippen molar-refractivity contribution >= 4 is 17.3 Å². The summed E-state index contributed by atoms with van der Waals surface area (Å²) in [5.41, 5.74) is 3.48. The number of benzene rings is 1. The predicted octanol–water partition coefficient (Wildman–Crippen LogP) is 2.96. The Morgan fingerprint density at radius 3 is 2.85 bits per heavy atom. The van der Waals surface area contributed by atoms with Crippen LogP contribution < -0.4 is 19.1 Å². The first-order valence-corrected chi connectivity index (χ1v) is 11.0. The lowest BCUT2D eigenvalue weighted by Gasteiger charge is -2.32. The van der Waals surface area contributed by atoms with Crippen LogP contribution in [0.25, 0.3) is 0 Å². The summed E-state index contributed by atoms with van der Waals surface area (Å²) in [6.07, 6.45) is 5.87. The highest BCUT2D eigenvalue weighted by atomic mass is 16.5. The number of methoxy groups -OCH3 is 1. The number of pyridine rings is 1. The highest BCUT2D eigenvalue weighted by Crippen LogP contribution is 2.40. The Morgan fingerprint density at radius 1 is 1.21 bits per heavy atom. The molecule has 9 nitrogen and oxygen atoms in total. The number of carbonyl (C=O) groups excluding carboxylic acids is 1. The van der Waals surface area contributed by atoms with E-state index in [2.05, 4.69) is 21.0 Å². The quantitative estimate of drug-likeness (QED) is 0.592. The van der Waals surface area contributed by atoms with Crippen LogP contribution in [-0.2, 0) is 7.05 Å². The SMILES string of the molecule is COc1ncc(N2CCOc3ccc(OC4CCN(C(=O)c5cnn(C)c5)C4)cc32)cc1C. The number of carbonyl (C=O) groups is 1. The van der Waals surface area contributed by atoms with E-state index in [9.17, 15) is 4.79 Å². The summed E-state index contributed by atoms with van der Waals surface area (Å²) in [5.74, 6) is 2.17. The number of hydrogen-bond donors (Lipinski definition) is 0. The fraction of sp³-hybridized carbons (Fsp3) is 0.375. The van der Waals surface area contributed by atoms with Gasteiger partial charge in [-0.2, -0.15) is 5.10 Å². The number of aryl methyl sites for hydroxylation is 2. The number of aromatic nitrogens is 3. The number of likely N-dealkylation sites (tertiary alicyclic amines) is 1. The Bertz CT molecular complexity index is 1180. The van der Waals surface area contributed by atoms with Crippen LogP contribution in [0, 0.1) is 6.92 Å². The number of anilines is 2. The number of amides is 1. The molecule has 172 valence electrons. The molecule has 0 bridgehead atoms. The van der Waals surface area contributed by atoms with Crippen molar-refractivity contribution < 1.29 is 19.0 Å². The highest BCUT2D eigenvalue weighted by Gasteiger charge is 2.29. The van der Waals surface area contributed by atoms with Gasteiger partial charge in [0.1, 0.15) is 24.2 Å². The summed E-state index contributed by atoms with van der Waals surface area (Å²) in [6, 6.07) is 7.92. The highest BCUT2D eigenvalue weighted by molar-refractivity contribution is 5.93. The first-order chi connectivity index (χ1) is 16.0. The molecule has 1 saturated heterocycles. The molecule has 2 aromatic heterocycles. The standard InChI is InChI=1S/C24H27N5O4/c1-16-10-18(13-25-23(16)31-3)29-8-9-32-22-5-4-19(11-21(22)29)33-20-6-7-28(15-20)24(30)17-12-26-27(2)14-17/h4-5,10-14,20H,6-9,15H2,1-3H3. The number of rotatable bonds is 5. The number of ether oxygens (including phenoxy) is 3. The molecule has 1 amide bonds. The lowest BCUT2D eigenvalue weighted by Crippen LogP contribution is -2.31. The van der Waals surface area contributed by atoms with Crippen LogP contribution in [0.1, 0.15) is 22.3 Å². The summed E-state index contributed by atoms with van der Waals surface area (Å²) in [7, 11) is 3.43. The molecule has 1 aromatic carbocycles. The minimum atomic E-state index is -0.0634. The van der Waals surface area contributed by atoms with Gasteiger partial charge in [0.2, 0.25) is 5.88 Å². The minimum Gasteiger partial charge on any atom is -0.490 e. The molecule has 33 heavy (non-hydrogen) atoms. The Balaban J connectivity index is 1.31. The van der Waals surface area contributed by atoms with Crippen LogP contribution in [0.5, 0.6) is 17.4 Å². The van der Waals surface area contributed by atoms with Crippen molar-refractivity contribution in [1.82, 2.24) is 19.7 Å². The molecule has 5 rings (SSSR count). The molecule has 0 aliphatic carbocycles. The molecular formula is C24H27N5O4. The molecule has 4 heterocycles. The van der Waals surface area contributed by atoms with Crippen molar-refractivity contribution in [1.29, 1.82) is 0 Å². The Morgan fingerprint density at radius 2 is 2.09 bits per heavy atom. The van der Waals surface area contributed by atoms with Gasteiger partial charge in [-0.1, -0.05) is 0 Å². The van der Waals surface area contributed by atoms with Gasteiger partial charge in [-0.25, -0.2) is 4.98 Å². The van der Waals surface area contributed by atoms with Crippen LogP contribution in [0.2, 0.25) is 0 Å². The molecule has 0 spiro atoms. The predicted molar refractivity (Wildman–Crippen MR) is 123 cm³/mol. The van der Waals surface area contributed by atoms with Crippen molar-refractivity contribution in [2.24, 2.45) is 7.05 Å². The summed E-state index contributed by atoms with van der Waals surface area (Å²) in [5, 5.41) is 4.09. The number of fused-ring (bicyclic) bond motifs is 1. The van der Waals surface area contributed by atoms with Crippen molar-refractivity contribution in [3.05, 3.63) is 54.0 Å². The second kappa shape index (κ2) is 8.65. The third kappa shape index (κ3) is 4.18. The van der Waals surface area contributed by atoms with E-state index in [0.29, 0.717) is 37.7 Å². The van der Waals surface area contributed by atoms with Crippen LogP contribution in [0.4, 0.5) is 11.4 Å². The first kappa shape index (κ1) is 21.1. The third-order valence-electron chi connectivity index (χ3n) is 6.00. The molecule has 1 atom stereocenters. The zero-order valence-corrected chi connectivity index (χ0v) is 19.0. The van der Waals surface area contributed by atoms with E-state index in [0.717, 1.165) is 34.9 Å². The van der Waals surface area contributed by atoms with Crippen LogP contribution >= 0.6 is 0 Å². The molecule has 1 fully saturated rings. The average Bonchev–Trinajstić information content (AvgIpc) is 3.47. The molecule has 2 aliphatic rings. The Labute approximate surface area is 192 Å². The molecule has 0 saturated carbocycles. The lowest BCUT2D eigenvalue weighted by atomic mass is 10.2. The summed E-state index contributed by atoms with van der Waals surface area (Å²) >= 11 is 0. The maximum absolute atomic E-state index is 12.7. The second-order valence-corrected chi connectivity index (χ2v) is 8.33. The maximum atomic E-state index is 12.7. The zero-order valence-electron chi connectivity index (χ0n) is 19.0. The smallest absolute Gasteiger partial charge is 0.257 e. The fourth-order valence-corrected chi connectivity index (χ4v) is 4.36. The van der Waals surface area contributed by atoms with Gasteiger partial charge in [0.05, 0.1) is 49.5 Å². The normalized spacial score (nSPS) is 17.5. The van der Waals surface area contributed by atoms with Crippen molar-refractivity contribution in [3.63, 3.8) is 0 Å². The van der Waals surface area contributed by atoms with Gasteiger partial charge in [0.25, 0.3) is 5.91 Å². The van der Waals surface area contributed by atoms with E-state index in [1.165, 1.54) is 0 Å². The van der Waals surface area contributed by atoms with E-state index in [-0.39, 0.29) is 12.0 Å². The Hall–Kier alpha value is -3.75. The molecular weight excluding hydrogens is 422 g/mol. The average molecular weight is 450 g/mol. The first-order valence-electron chi connectivity index (χ1n) is 11.0. The van der Waals surface area contributed by atoms with E-state index in [1.54, 1.807) is 31.2 Å². The van der Waals surface area contributed by atoms with Gasteiger partial charge < -0.3 is 24.0 Å². The lowest BCUT2D eigenvalue weighted by molar-refractivity contribution is 0.0772. The van der Waals surface area contributed by atoms with Crippen molar-refractivity contribution in [3.8, 4) is 17.4 Å². The molecule has 2 aliphatic heterocycles. The summed E-state index contributed by atoms with van der Waals surface area (Å²) in [6.45, 7) is 4.49. The molecule has 3 aromatic rings. The molecule has 0 radical (unpaired) electrons. The zero-order chi connectivity index (χ0) is 22.9. The largest absolute Gasteiger partial charge is 0.490 e. The van der Waals surface area contributed by atoms with Gasteiger partial charge in [-0.3, -0.25) is 9.48 Å². The van der Waals surface area contributed by atoms with Gasteiger partial charge >= 0.3 is 0 Å². The van der Waals surface area contributed by atoms with Gasteiger partial charge in [-0.15, -0.1) is 0 Å². The van der Waals surface area contributed by atoms with E-state index >= 15 is 0 Å². The van der Waals surface area contributed by atoms with Crippen LogP contribution in [-0.4, -0.2) is 65.0 Å². The molecule has 1 unspecified atom stereocenters. The van der Waals surface area contributed by atoms with Crippen LogP contribution in [0.15, 0.2) is 42.9 Å². The van der Waals surface area contributed by atoms with E-state index < -0.39 is 0 Å². The fourth-order valence-electron chi connectivity index (χ4n) is 4.36. The van der Waals surface area contributed by atoms with Crippen LogP contribution in [0.3, 0.4) is 0 Å². The Kier molecular flexibility index (Phi) is 5.53. The molecule has 9 heteroatoms. The van der Waals surface area contributed by atoms with Gasteiger partial charge in [0.15, 0.2) is 0 Å². The maximum Gasteiger partial charge on any atom is 0.257 e. The van der Waals surface area contributed by atoms with Gasteiger partial charge in [0, 0.05) is 37.8 Å². The summed E-state index contributed by atoms with van der Waals surface area (Å²) < 4.78 is 19.1. The van der Waals surface area contributed by atoms with Gasteiger partial charge in [-0.05, 0) is 25.1 Å². The third-order valence-corrected chi connectivity index (χ3v) is 6.00. The minimum absolute atomic E-state index is 0.0124. The van der Waals surface area contributed by atoms with E-state index in [1.807, 2.05) is 36.2 Å². The summed E-state index contributed by atoms with van der Waals surface area (Å²) in [4.78, 5) is 21.1.